The molecule has 0 bridgehead atoms. The van der Waals surface area contributed by atoms with Crippen LogP contribution in [0.25, 0.3) is 0 Å². The smallest absolute Gasteiger partial charge is 0.231 e. The van der Waals surface area contributed by atoms with Crippen molar-refractivity contribution in [2.45, 2.75) is 42.9 Å². The third kappa shape index (κ3) is 6.79. The Balaban J connectivity index is 1.61. The number of amides is 2. The number of rotatable bonds is 10. The molecule has 0 aromatic heterocycles. The van der Waals surface area contributed by atoms with E-state index in [1.54, 1.807) is 36.4 Å². The minimum absolute atomic E-state index is 0.0730. The molecule has 1 aliphatic rings. The topological polar surface area (TPSA) is 75.3 Å². The molecule has 2 atom stereocenters. The summed E-state index contributed by atoms with van der Waals surface area (Å²) in [5.74, 6) is -1.77. The van der Waals surface area contributed by atoms with Gasteiger partial charge in [0.2, 0.25) is 11.8 Å². The lowest BCUT2D eigenvalue weighted by atomic mass is 10.0. The molecule has 0 radical (unpaired) electrons. The van der Waals surface area contributed by atoms with Crippen LogP contribution in [0.3, 0.4) is 0 Å². The van der Waals surface area contributed by atoms with E-state index < -0.39 is 16.2 Å². The highest BCUT2D eigenvalue weighted by Crippen LogP contribution is 2.65. The maximum atomic E-state index is 12.9. The number of hydrogen-bond donors (Lipinski definition) is 2. The van der Waals surface area contributed by atoms with Crippen LogP contribution in [0.2, 0.25) is 15.1 Å². The molecule has 2 unspecified atom stereocenters. The first-order valence-corrected chi connectivity index (χ1v) is 12.6. The highest BCUT2D eigenvalue weighted by Gasteiger charge is 2.67. The van der Waals surface area contributed by atoms with E-state index in [4.69, 9.17) is 58.0 Å². The second-order valence-corrected chi connectivity index (χ2v) is 11.0. The summed E-state index contributed by atoms with van der Waals surface area (Å²) >= 11 is 31.2. The monoisotopic (exact) mass is 562 g/mol. The Hall–Kier alpha value is -1.50. The predicted octanol–water partition coefficient (Wildman–Crippen LogP) is 7.05. The van der Waals surface area contributed by atoms with Crippen LogP contribution in [0.15, 0.2) is 36.4 Å². The summed E-state index contributed by atoms with van der Waals surface area (Å²) in [6.07, 6.45) is 2.56. The van der Waals surface area contributed by atoms with Gasteiger partial charge in [-0.15, -0.1) is 23.2 Å². The minimum Gasteiger partial charge on any atom is -0.356 e. The normalized spacial score (nSPS) is 18.3. The van der Waals surface area contributed by atoms with Gasteiger partial charge in [-0.3, -0.25) is 14.4 Å². The molecule has 0 saturated heterocycles. The Morgan fingerprint density at radius 1 is 0.941 bits per heavy atom. The van der Waals surface area contributed by atoms with Gasteiger partial charge in [0.15, 0.2) is 5.78 Å². The summed E-state index contributed by atoms with van der Waals surface area (Å²) in [6, 6.07) is 9.68. The molecule has 182 valence electrons. The fourth-order valence-electron chi connectivity index (χ4n) is 3.85. The zero-order chi connectivity index (χ0) is 25.0. The first kappa shape index (κ1) is 27.1. The molecule has 0 heterocycles. The summed E-state index contributed by atoms with van der Waals surface area (Å²) in [5, 5.41) is 6.66. The molecule has 2 aromatic rings. The van der Waals surface area contributed by atoms with Crippen LogP contribution in [-0.2, 0) is 9.59 Å². The minimum atomic E-state index is -1.31. The predicted molar refractivity (Wildman–Crippen MR) is 139 cm³/mol. The number of halogens is 5. The van der Waals surface area contributed by atoms with Crippen molar-refractivity contribution in [1.82, 2.24) is 5.32 Å². The molecule has 5 nitrogen and oxygen atoms in total. The van der Waals surface area contributed by atoms with E-state index in [1.165, 1.54) is 6.92 Å². The summed E-state index contributed by atoms with van der Waals surface area (Å²) in [5.41, 5.74) is 1.42. The average molecular weight is 565 g/mol. The molecule has 0 aliphatic heterocycles. The van der Waals surface area contributed by atoms with Gasteiger partial charge in [0, 0.05) is 47.1 Å². The van der Waals surface area contributed by atoms with Crippen LogP contribution < -0.4 is 10.6 Å². The Labute approximate surface area is 223 Å². The maximum Gasteiger partial charge on any atom is 0.231 e. The van der Waals surface area contributed by atoms with Crippen LogP contribution >= 0.6 is 58.0 Å². The van der Waals surface area contributed by atoms with E-state index in [0.717, 1.165) is 12.8 Å². The number of anilines is 1. The lowest BCUT2D eigenvalue weighted by Gasteiger charge is -2.09. The lowest BCUT2D eigenvalue weighted by Crippen LogP contribution is -2.20. The summed E-state index contributed by atoms with van der Waals surface area (Å²) in [6.45, 7) is 2.05. The first-order valence-electron chi connectivity index (χ1n) is 10.7. The van der Waals surface area contributed by atoms with Crippen molar-refractivity contribution in [1.29, 1.82) is 0 Å². The first-order chi connectivity index (χ1) is 16.0. The van der Waals surface area contributed by atoms with Crippen molar-refractivity contribution < 1.29 is 14.4 Å². The molecule has 1 aliphatic carbocycles. The van der Waals surface area contributed by atoms with E-state index >= 15 is 0 Å². The van der Waals surface area contributed by atoms with E-state index in [-0.39, 0.29) is 17.6 Å². The second kappa shape index (κ2) is 11.5. The number of nitrogens with one attached hydrogen (secondary N) is 2. The number of hydrogen-bond acceptors (Lipinski definition) is 3. The number of alkyl halides is 2. The van der Waals surface area contributed by atoms with Crippen molar-refractivity contribution in [3.05, 3.63) is 62.6 Å². The molecular weight excluding hydrogens is 542 g/mol. The highest BCUT2D eigenvalue weighted by molar-refractivity contribution is 6.53. The fraction of sp³-hybridized carbons (Fsp3) is 0.375. The molecular formula is C24H23Cl5N2O3. The van der Waals surface area contributed by atoms with Gasteiger partial charge in [0.05, 0.1) is 10.9 Å². The number of carbonyl (C=O) groups excluding carboxylic acids is 3. The lowest BCUT2D eigenvalue weighted by molar-refractivity contribution is -0.119. The van der Waals surface area contributed by atoms with Crippen LogP contribution in [-0.4, -0.2) is 28.5 Å². The summed E-state index contributed by atoms with van der Waals surface area (Å²) in [4.78, 5) is 36.5. The van der Waals surface area contributed by atoms with E-state index in [2.05, 4.69) is 10.6 Å². The zero-order valence-electron chi connectivity index (χ0n) is 18.3. The molecule has 2 aromatic carbocycles. The highest BCUT2D eigenvalue weighted by atomic mass is 35.5. The van der Waals surface area contributed by atoms with Gasteiger partial charge < -0.3 is 10.6 Å². The second-order valence-electron chi connectivity index (χ2n) is 8.23. The Kier molecular flexibility index (Phi) is 9.16. The average Bonchev–Trinajstić information content (AvgIpc) is 3.33. The fourth-order valence-corrected chi connectivity index (χ4v) is 5.44. The van der Waals surface area contributed by atoms with Gasteiger partial charge in [0.1, 0.15) is 4.33 Å². The van der Waals surface area contributed by atoms with Crippen LogP contribution in [0.1, 0.15) is 54.4 Å². The summed E-state index contributed by atoms with van der Waals surface area (Å²) < 4.78 is -1.31. The number of ketones is 1. The Bertz CT molecular complexity index is 1090. The molecule has 3 rings (SSSR count). The molecule has 10 heteroatoms. The van der Waals surface area contributed by atoms with Gasteiger partial charge in [-0.25, -0.2) is 0 Å². The van der Waals surface area contributed by atoms with E-state index in [0.29, 0.717) is 51.3 Å². The Morgan fingerprint density at radius 2 is 1.62 bits per heavy atom. The molecule has 1 fully saturated rings. The number of unbranched alkanes of at least 4 members (excludes halogenated alkanes) is 2. The van der Waals surface area contributed by atoms with E-state index in [1.807, 2.05) is 0 Å². The third-order valence-corrected chi connectivity index (χ3v) is 7.28. The maximum absolute atomic E-state index is 12.9. The molecule has 2 amide bonds. The molecule has 0 spiro atoms. The van der Waals surface area contributed by atoms with Gasteiger partial charge in [-0.05, 0) is 54.8 Å². The van der Waals surface area contributed by atoms with Gasteiger partial charge in [0.25, 0.3) is 0 Å². The number of carbonyl (C=O) groups is 3. The van der Waals surface area contributed by atoms with Crippen molar-refractivity contribution >= 4 is 81.3 Å². The largest absolute Gasteiger partial charge is 0.356 e. The summed E-state index contributed by atoms with van der Waals surface area (Å²) in [7, 11) is 0. The van der Waals surface area contributed by atoms with Gasteiger partial charge in [-0.1, -0.05) is 41.2 Å². The van der Waals surface area contributed by atoms with Gasteiger partial charge >= 0.3 is 0 Å². The Morgan fingerprint density at radius 3 is 2.26 bits per heavy atom. The molecule has 2 N–H and O–H groups in total. The third-order valence-electron chi connectivity index (χ3n) is 5.57. The van der Waals surface area contributed by atoms with Crippen molar-refractivity contribution in [2.75, 3.05) is 11.9 Å². The quantitative estimate of drug-likeness (QED) is 0.184. The number of benzene rings is 2. The standard InChI is InChI=1S/C24H23Cl5N2O3/c1-13(32)30-8-4-2-3-5-20(33)18-12-17(6-7-19(18)27)31-23(34)22-21(24(22,28)29)14-9-15(25)11-16(26)10-14/h6-7,9-12,21-22H,2-5,8H2,1H3,(H,30,32)(H,31,34). The SMILES string of the molecule is CC(=O)NCCCCCC(=O)c1cc(NC(=O)C2C(c3cc(Cl)cc(Cl)c3)C2(Cl)Cl)ccc1Cl. The van der Waals surface area contributed by atoms with Crippen molar-refractivity contribution in [3.8, 4) is 0 Å². The zero-order valence-corrected chi connectivity index (χ0v) is 22.0. The van der Waals surface area contributed by atoms with Crippen molar-refractivity contribution in [3.63, 3.8) is 0 Å². The van der Waals surface area contributed by atoms with Crippen LogP contribution in [0, 0.1) is 5.92 Å². The van der Waals surface area contributed by atoms with Crippen LogP contribution in [0.5, 0.6) is 0 Å². The molecule has 34 heavy (non-hydrogen) atoms. The van der Waals surface area contributed by atoms with E-state index in [9.17, 15) is 14.4 Å². The van der Waals surface area contributed by atoms with Crippen LogP contribution in [0.4, 0.5) is 5.69 Å². The van der Waals surface area contributed by atoms with Gasteiger partial charge in [-0.2, -0.15) is 0 Å². The van der Waals surface area contributed by atoms with Crippen molar-refractivity contribution in [2.24, 2.45) is 5.92 Å². The number of Topliss-reactive ketones (excluding diaryl/α,β-unsaturated/α-hetero) is 1. The molecule has 1 saturated carbocycles.